The first-order valence-corrected chi connectivity index (χ1v) is 7.48. The predicted molar refractivity (Wildman–Crippen MR) is 91.1 cm³/mol. The van der Waals surface area contributed by atoms with Crippen LogP contribution in [0, 0.1) is 0 Å². The second kappa shape index (κ2) is 8.57. The maximum Gasteiger partial charge on any atom is 0.258 e. The number of anilines is 1. The SMILES string of the molecule is COc1ccccc1CNC(=O)COc1ccccc1NC(C)=O. The van der Waals surface area contributed by atoms with Gasteiger partial charge in [-0.05, 0) is 18.2 Å². The number of hydrogen-bond donors (Lipinski definition) is 2. The number of para-hydroxylation sites is 3. The third kappa shape index (κ3) is 5.01. The number of amides is 2. The molecule has 6 heteroatoms. The lowest BCUT2D eigenvalue weighted by Crippen LogP contribution is -2.28. The van der Waals surface area contributed by atoms with Crippen LogP contribution in [0.5, 0.6) is 11.5 Å². The Morgan fingerprint density at radius 2 is 1.67 bits per heavy atom. The van der Waals surface area contributed by atoms with Gasteiger partial charge in [-0.1, -0.05) is 30.3 Å². The van der Waals surface area contributed by atoms with Crippen molar-refractivity contribution in [3.8, 4) is 11.5 Å². The van der Waals surface area contributed by atoms with E-state index < -0.39 is 0 Å². The van der Waals surface area contributed by atoms with Crippen LogP contribution in [0.1, 0.15) is 12.5 Å². The number of nitrogens with one attached hydrogen (secondary N) is 2. The molecule has 0 aromatic heterocycles. The fourth-order valence-electron chi connectivity index (χ4n) is 2.12. The first-order valence-electron chi connectivity index (χ1n) is 7.48. The molecule has 0 atom stereocenters. The molecule has 2 amide bonds. The van der Waals surface area contributed by atoms with Crippen LogP contribution < -0.4 is 20.1 Å². The molecule has 2 rings (SSSR count). The van der Waals surface area contributed by atoms with E-state index in [1.54, 1.807) is 31.4 Å². The van der Waals surface area contributed by atoms with E-state index in [9.17, 15) is 9.59 Å². The minimum absolute atomic E-state index is 0.147. The molecule has 0 heterocycles. The summed E-state index contributed by atoms with van der Waals surface area (Å²) in [5.41, 5.74) is 1.41. The van der Waals surface area contributed by atoms with Crippen LogP contribution in [0.4, 0.5) is 5.69 Å². The monoisotopic (exact) mass is 328 g/mol. The largest absolute Gasteiger partial charge is 0.496 e. The van der Waals surface area contributed by atoms with E-state index in [1.165, 1.54) is 6.92 Å². The van der Waals surface area contributed by atoms with Gasteiger partial charge in [0.15, 0.2) is 6.61 Å². The molecule has 2 aromatic carbocycles. The number of hydrogen-bond acceptors (Lipinski definition) is 4. The second-order valence-corrected chi connectivity index (χ2v) is 5.05. The Morgan fingerprint density at radius 1 is 1.00 bits per heavy atom. The van der Waals surface area contributed by atoms with Crippen LogP contribution in [0.2, 0.25) is 0 Å². The van der Waals surface area contributed by atoms with Crippen molar-refractivity contribution in [3.05, 3.63) is 54.1 Å². The Hall–Kier alpha value is -3.02. The van der Waals surface area contributed by atoms with Crippen molar-refractivity contribution in [3.63, 3.8) is 0 Å². The van der Waals surface area contributed by atoms with Crippen LogP contribution in [-0.2, 0) is 16.1 Å². The number of methoxy groups -OCH3 is 1. The van der Waals surface area contributed by atoms with Crippen LogP contribution in [0.25, 0.3) is 0 Å². The maximum atomic E-state index is 12.0. The smallest absolute Gasteiger partial charge is 0.258 e. The predicted octanol–water partition coefficient (Wildman–Crippen LogP) is 2.35. The summed E-state index contributed by atoms with van der Waals surface area (Å²) in [4.78, 5) is 23.1. The molecule has 126 valence electrons. The summed E-state index contributed by atoms with van der Waals surface area (Å²) in [5, 5.41) is 5.43. The van der Waals surface area contributed by atoms with Crippen LogP contribution in [-0.4, -0.2) is 25.5 Å². The molecular weight excluding hydrogens is 308 g/mol. The Balaban J connectivity index is 1.89. The summed E-state index contributed by atoms with van der Waals surface area (Å²) in [5.74, 6) is 0.695. The number of ether oxygens (including phenoxy) is 2. The zero-order chi connectivity index (χ0) is 17.4. The van der Waals surface area contributed by atoms with Gasteiger partial charge in [0.1, 0.15) is 11.5 Å². The third-order valence-electron chi connectivity index (χ3n) is 3.23. The van der Waals surface area contributed by atoms with Gasteiger partial charge in [-0.15, -0.1) is 0 Å². The van der Waals surface area contributed by atoms with Gasteiger partial charge in [0, 0.05) is 19.0 Å². The molecule has 0 radical (unpaired) electrons. The molecule has 0 aliphatic rings. The van der Waals surface area contributed by atoms with Crippen molar-refractivity contribution in [2.24, 2.45) is 0 Å². The van der Waals surface area contributed by atoms with Crippen molar-refractivity contribution in [1.29, 1.82) is 0 Å². The fraction of sp³-hybridized carbons (Fsp3) is 0.222. The van der Waals surface area contributed by atoms with E-state index >= 15 is 0 Å². The van der Waals surface area contributed by atoms with E-state index in [-0.39, 0.29) is 18.4 Å². The highest BCUT2D eigenvalue weighted by Crippen LogP contribution is 2.23. The second-order valence-electron chi connectivity index (χ2n) is 5.05. The number of benzene rings is 2. The van der Waals surface area contributed by atoms with Crippen molar-refractivity contribution >= 4 is 17.5 Å². The van der Waals surface area contributed by atoms with Gasteiger partial charge < -0.3 is 20.1 Å². The molecule has 24 heavy (non-hydrogen) atoms. The van der Waals surface area contributed by atoms with E-state index in [1.807, 2.05) is 24.3 Å². The first-order chi connectivity index (χ1) is 11.6. The van der Waals surface area contributed by atoms with Gasteiger partial charge in [0.2, 0.25) is 5.91 Å². The van der Waals surface area contributed by atoms with E-state index in [0.717, 1.165) is 11.3 Å². The Morgan fingerprint density at radius 3 is 2.38 bits per heavy atom. The van der Waals surface area contributed by atoms with Crippen LogP contribution in [0.3, 0.4) is 0 Å². The Labute approximate surface area is 140 Å². The molecule has 0 saturated carbocycles. The Kier molecular flexibility index (Phi) is 6.19. The van der Waals surface area contributed by atoms with Crippen LogP contribution in [0.15, 0.2) is 48.5 Å². The molecule has 0 spiro atoms. The standard InChI is InChI=1S/C18H20N2O4/c1-13(21)20-15-8-4-6-10-17(15)24-12-18(22)19-11-14-7-3-5-9-16(14)23-2/h3-10H,11-12H2,1-2H3,(H,19,22)(H,20,21). The average molecular weight is 328 g/mol. The topological polar surface area (TPSA) is 76.7 Å². The summed E-state index contributed by atoms with van der Waals surface area (Å²) < 4.78 is 10.7. The molecule has 2 N–H and O–H groups in total. The molecule has 0 saturated heterocycles. The minimum atomic E-state index is -0.265. The molecule has 6 nitrogen and oxygen atoms in total. The molecule has 0 aliphatic carbocycles. The van der Waals surface area contributed by atoms with Crippen molar-refractivity contribution in [1.82, 2.24) is 5.32 Å². The zero-order valence-electron chi connectivity index (χ0n) is 13.7. The summed E-state index contributed by atoms with van der Waals surface area (Å²) in [6.45, 7) is 1.61. The minimum Gasteiger partial charge on any atom is -0.496 e. The molecule has 0 aliphatic heterocycles. The van der Waals surface area contributed by atoms with Crippen LogP contribution >= 0.6 is 0 Å². The number of rotatable bonds is 7. The van der Waals surface area contributed by atoms with Gasteiger partial charge in [-0.3, -0.25) is 9.59 Å². The van der Waals surface area contributed by atoms with Crippen molar-refractivity contribution in [2.75, 3.05) is 19.0 Å². The first kappa shape index (κ1) is 17.3. The van der Waals surface area contributed by atoms with Crippen molar-refractivity contribution < 1.29 is 19.1 Å². The highest BCUT2D eigenvalue weighted by molar-refractivity contribution is 5.90. The lowest BCUT2D eigenvalue weighted by Gasteiger charge is -2.12. The number of carbonyl (C=O) groups excluding carboxylic acids is 2. The quantitative estimate of drug-likeness (QED) is 0.818. The summed E-state index contributed by atoms with van der Waals surface area (Å²) in [6.07, 6.45) is 0. The lowest BCUT2D eigenvalue weighted by atomic mass is 10.2. The van der Waals surface area contributed by atoms with Gasteiger partial charge in [-0.2, -0.15) is 0 Å². The number of carbonyl (C=O) groups is 2. The highest BCUT2D eigenvalue weighted by atomic mass is 16.5. The molecule has 0 bridgehead atoms. The average Bonchev–Trinajstić information content (AvgIpc) is 2.59. The third-order valence-corrected chi connectivity index (χ3v) is 3.23. The van der Waals surface area contributed by atoms with Gasteiger partial charge in [0.25, 0.3) is 5.91 Å². The van der Waals surface area contributed by atoms with Gasteiger partial charge in [-0.25, -0.2) is 0 Å². The van der Waals surface area contributed by atoms with Gasteiger partial charge >= 0.3 is 0 Å². The Bertz CT molecular complexity index is 716. The molecule has 0 unspecified atom stereocenters. The molecular formula is C18H20N2O4. The van der Waals surface area contributed by atoms with E-state index in [2.05, 4.69) is 10.6 Å². The highest BCUT2D eigenvalue weighted by Gasteiger charge is 2.08. The summed E-state index contributed by atoms with van der Waals surface area (Å²) in [7, 11) is 1.59. The summed E-state index contributed by atoms with van der Waals surface area (Å²) >= 11 is 0. The molecule has 2 aromatic rings. The fourth-order valence-corrected chi connectivity index (χ4v) is 2.12. The summed E-state index contributed by atoms with van der Waals surface area (Å²) in [6, 6.07) is 14.4. The van der Waals surface area contributed by atoms with Crippen molar-refractivity contribution in [2.45, 2.75) is 13.5 Å². The van der Waals surface area contributed by atoms with E-state index in [0.29, 0.717) is 18.0 Å². The molecule has 0 fully saturated rings. The lowest BCUT2D eigenvalue weighted by molar-refractivity contribution is -0.123. The van der Waals surface area contributed by atoms with E-state index in [4.69, 9.17) is 9.47 Å². The maximum absolute atomic E-state index is 12.0. The zero-order valence-corrected chi connectivity index (χ0v) is 13.7. The normalized spacial score (nSPS) is 9.92. The van der Waals surface area contributed by atoms with Gasteiger partial charge in [0.05, 0.1) is 12.8 Å².